The first-order chi connectivity index (χ1) is 6.18. The van der Waals surface area contributed by atoms with Gasteiger partial charge in [-0.2, -0.15) is 0 Å². The minimum Gasteiger partial charge on any atom is -0.103 e. The SMILES string of the molecule is C=CCCC(C)(CCC)CCCC. The third-order valence-corrected chi connectivity index (χ3v) is 2.94. The number of rotatable bonds is 8. The van der Waals surface area contributed by atoms with Crippen molar-refractivity contribution in [1.82, 2.24) is 0 Å². The molecule has 0 saturated carbocycles. The van der Waals surface area contributed by atoms with E-state index in [1.165, 1.54) is 44.9 Å². The van der Waals surface area contributed by atoms with Crippen LogP contribution in [0.4, 0.5) is 0 Å². The molecule has 78 valence electrons. The van der Waals surface area contributed by atoms with Crippen molar-refractivity contribution in [3.63, 3.8) is 0 Å². The summed E-state index contributed by atoms with van der Waals surface area (Å²) in [4.78, 5) is 0. The Labute approximate surface area is 84.4 Å². The lowest BCUT2D eigenvalue weighted by Gasteiger charge is -2.29. The van der Waals surface area contributed by atoms with E-state index in [1.54, 1.807) is 0 Å². The lowest BCUT2D eigenvalue weighted by atomic mass is 9.77. The first-order valence-corrected chi connectivity index (χ1v) is 5.79. The van der Waals surface area contributed by atoms with Crippen LogP contribution in [0.2, 0.25) is 0 Å². The van der Waals surface area contributed by atoms with E-state index in [0.717, 1.165) is 0 Å². The molecule has 0 aromatic heterocycles. The van der Waals surface area contributed by atoms with E-state index in [1.807, 2.05) is 0 Å². The van der Waals surface area contributed by atoms with Crippen molar-refractivity contribution in [2.24, 2.45) is 5.41 Å². The van der Waals surface area contributed by atoms with Crippen LogP contribution in [0.3, 0.4) is 0 Å². The summed E-state index contributed by atoms with van der Waals surface area (Å²) in [5.41, 5.74) is 0.582. The lowest BCUT2D eigenvalue weighted by molar-refractivity contribution is 0.241. The highest BCUT2D eigenvalue weighted by Crippen LogP contribution is 2.34. The van der Waals surface area contributed by atoms with Gasteiger partial charge >= 0.3 is 0 Å². The van der Waals surface area contributed by atoms with Crippen molar-refractivity contribution in [3.8, 4) is 0 Å². The molecule has 0 aliphatic rings. The largest absolute Gasteiger partial charge is 0.103 e. The summed E-state index contributed by atoms with van der Waals surface area (Å²) >= 11 is 0. The predicted octanol–water partition coefficient (Wildman–Crippen LogP) is 4.95. The van der Waals surface area contributed by atoms with Gasteiger partial charge in [-0.1, -0.05) is 46.1 Å². The average molecular weight is 182 g/mol. The van der Waals surface area contributed by atoms with Crippen molar-refractivity contribution in [2.45, 2.75) is 65.7 Å². The smallest absolute Gasteiger partial charge is 0.0323 e. The maximum Gasteiger partial charge on any atom is -0.0323 e. The second-order valence-corrected chi connectivity index (χ2v) is 4.49. The second kappa shape index (κ2) is 7.17. The Kier molecular flexibility index (Phi) is 7.03. The maximum absolute atomic E-state index is 3.80. The normalized spacial score (nSPS) is 15.3. The summed E-state index contributed by atoms with van der Waals surface area (Å²) in [6, 6.07) is 0. The van der Waals surface area contributed by atoms with Gasteiger partial charge in [0.2, 0.25) is 0 Å². The Bertz CT molecular complexity index is 126. The molecule has 1 unspecified atom stereocenters. The minimum atomic E-state index is 0.582. The van der Waals surface area contributed by atoms with Crippen LogP contribution >= 0.6 is 0 Å². The van der Waals surface area contributed by atoms with Gasteiger partial charge in [-0.3, -0.25) is 0 Å². The van der Waals surface area contributed by atoms with Gasteiger partial charge in [0, 0.05) is 0 Å². The van der Waals surface area contributed by atoms with Gasteiger partial charge in [-0.05, 0) is 31.1 Å². The highest BCUT2D eigenvalue weighted by Gasteiger charge is 2.21. The molecule has 0 aliphatic heterocycles. The number of hydrogen-bond acceptors (Lipinski definition) is 0. The van der Waals surface area contributed by atoms with E-state index in [9.17, 15) is 0 Å². The highest BCUT2D eigenvalue weighted by molar-refractivity contribution is 4.78. The Balaban J connectivity index is 3.90. The molecule has 0 bridgehead atoms. The topological polar surface area (TPSA) is 0 Å². The van der Waals surface area contributed by atoms with Crippen LogP contribution in [0, 0.1) is 5.41 Å². The molecule has 0 radical (unpaired) electrons. The molecule has 13 heavy (non-hydrogen) atoms. The second-order valence-electron chi connectivity index (χ2n) is 4.49. The molecule has 0 nitrogen and oxygen atoms in total. The fourth-order valence-electron chi connectivity index (χ4n) is 2.03. The van der Waals surface area contributed by atoms with Crippen molar-refractivity contribution in [3.05, 3.63) is 12.7 Å². The van der Waals surface area contributed by atoms with E-state index in [4.69, 9.17) is 0 Å². The van der Waals surface area contributed by atoms with E-state index < -0.39 is 0 Å². The van der Waals surface area contributed by atoms with Crippen LogP contribution in [0.1, 0.15) is 65.7 Å². The molecule has 1 atom stereocenters. The van der Waals surface area contributed by atoms with E-state index in [0.29, 0.717) is 5.41 Å². The number of unbranched alkanes of at least 4 members (excludes halogenated alkanes) is 1. The predicted molar refractivity (Wildman–Crippen MR) is 62.0 cm³/mol. The van der Waals surface area contributed by atoms with Gasteiger partial charge in [0.15, 0.2) is 0 Å². The van der Waals surface area contributed by atoms with Crippen LogP contribution in [0.5, 0.6) is 0 Å². The van der Waals surface area contributed by atoms with Crippen molar-refractivity contribution >= 4 is 0 Å². The summed E-state index contributed by atoms with van der Waals surface area (Å²) in [7, 11) is 0. The minimum absolute atomic E-state index is 0.582. The molecule has 0 saturated heterocycles. The molecule has 0 fully saturated rings. The summed E-state index contributed by atoms with van der Waals surface area (Å²) in [5.74, 6) is 0. The van der Waals surface area contributed by atoms with Gasteiger partial charge < -0.3 is 0 Å². The molecule has 0 heterocycles. The molecule has 0 N–H and O–H groups in total. The molecular formula is C13H26. The monoisotopic (exact) mass is 182 g/mol. The third-order valence-electron chi connectivity index (χ3n) is 2.94. The Morgan fingerprint density at radius 2 is 1.77 bits per heavy atom. The zero-order valence-corrected chi connectivity index (χ0v) is 9.73. The first kappa shape index (κ1) is 12.7. The fraction of sp³-hybridized carbons (Fsp3) is 0.846. The molecule has 0 aromatic carbocycles. The Morgan fingerprint density at radius 3 is 2.23 bits per heavy atom. The fourth-order valence-corrected chi connectivity index (χ4v) is 2.03. The molecule has 0 heteroatoms. The number of allylic oxidation sites excluding steroid dienone is 1. The van der Waals surface area contributed by atoms with E-state index in [-0.39, 0.29) is 0 Å². The van der Waals surface area contributed by atoms with E-state index in [2.05, 4.69) is 33.4 Å². The standard InChI is InChI=1S/C13H26/c1-5-8-11-13(4,10-7-3)12-9-6-2/h5H,1,6-12H2,2-4H3. The van der Waals surface area contributed by atoms with Crippen molar-refractivity contribution in [1.29, 1.82) is 0 Å². The van der Waals surface area contributed by atoms with Crippen molar-refractivity contribution < 1.29 is 0 Å². The third kappa shape index (κ3) is 5.90. The molecule has 0 amide bonds. The maximum atomic E-state index is 3.80. The van der Waals surface area contributed by atoms with Gasteiger partial charge in [-0.25, -0.2) is 0 Å². The van der Waals surface area contributed by atoms with Gasteiger partial charge in [0.1, 0.15) is 0 Å². The Hall–Kier alpha value is -0.260. The van der Waals surface area contributed by atoms with Crippen LogP contribution in [0.15, 0.2) is 12.7 Å². The molecule has 0 aliphatic carbocycles. The van der Waals surface area contributed by atoms with Gasteiger partial charge in [0.25, 0.3) is 0 Å². The molecule has 0 aromatic rings. The van der Waals surface area contributed by atoms with Gasteiger partial charge in [-0.15, -0.1) is 6.58 Å². The first-order valence-electron chi connectivity index (χ1n) is 5.79. The van der Waals surface area contributed by atoms with Crippen LogP contribution in [-0.2, 0) is 0 Å². The number of hydrogen-bond donors (Lipinski definition) is 0. The summed E-state index contributed by atoms with van der Waals surface area (Å²) < 4.78 is 0. The molecule has 0 rings (SSSR count). The summed E-state index contributed by atoms with van der Waals surface area (Å²) in [6.07, 6.45) is 11.4. The zero-order valence-electron chi connectivity index (χ0n) is 9.73. The summed E-state index contributed by atoms with van der Waals surface area (Å²) in [6.45, 7) is 10.8. The summed E-state index contributed by atoms with van der Waals surface area (Å²) in [5, 5.41) is 0. The van der Waals surface area contributed by atoms with Gasteiger partial charge in [0.05, 0.1) is 0 Å². The van der Waals surface area contributed by atoms with Crippen LogP contribution < -0.4 is 0 Å². The molecule has 0 spiro atoms. The Morgan fingerprint density at radius 1 is 1.08 bits per heavy atom. The zero-order chi connectivity index (χ0) is 10.2. The lowest BCUT2D eigenvalue weighted by Crippen LogP contribution is -2.15. The average Bonchev–Trinajstić information content (AvgIpc) is 2.12. The molecular weight excluding hydrogens is 156 g/mol. The van der Waals surface area contributed by atoms with Crippen LogP contribution in [-0.4, -0.2) is 0 Å². The van der Waals surface area contributed by atoms with Crippen molar-refractivity contribution in [2.75, 3.05) is 0 Å². The quantitative estimate of drug-likeness (QED) is 0.466. The van der Waals surface area contributed by atoms with Crippen LogP contribution in [0.25, 0.3) is 0 Å². The highest BCUT2D eigenvalue weighted by atomic mass is 14.3. The van der Waals surface area contributed by atoms with E-state index >= 15 is 0 Å².